The number of ether oxygens (including phenoxy) is 2. The lowest BCUT2D eigenvalue weighted by molar-refractivity contribution is -0.0914. The Bertz CT molecular complexity index is 319. The van der Waals surface area contributed by atoms with Crippen molar-refractivity contribution < 1.29 is 18.3 Å². The van der Waals surface area contributed by atoms with Crippen molar-refractivity contribution in [1.82, 2.24) is 4.98 Å². The standard InChI is InChI=1S/C9H12F2N2O2/c1-14-8(15-2)5-13-9-7(11)3-6(10)4-12-9/h3-4,8H,5H2,1-2H3,(H,12,13). The van der Waals surface area contributed by atoms with Gasteiger partial charge in [0.15, 0.2) is 17.9 Å². The molecule has 1 rings (SSSR count). The summed E-state index contributed by atoms with van der Waals surface area (Å²) < 4.78 is 35.3. The third-order valence-electron chi connectivity index (χ3n) is 1.77. The molecule has 1 aromatic rings. The van der Waals surface area contributed by atoms with Crippen LogP contribution in [0, 0.1) is 11.6 Å². The van der Waals surface area contributed by atoms with Crippen molar-refractivity contribution in [2.24, 2.45) is 0 Å². The fourth-order valence-corrected chi connectivity index (χ4v) is 0.988. The number of rotatable bonds is 5. The Labute approximate surface area is 86.2 Å². The largest absolute Gasteiger partial charge is 0.363 e. The lowest BCUT2D eigenvalue weighted by Gasteiger charge is -2.14. The zero-order valence-electron chi connectivity index (χ0n) is 8.46. The summed E-state index contributed by atoms with van der Waals surface area (Å²) in [5.74, 6) is -1.50. The van der Waals surface area contributed by atoms with Gasteiger partial charge in [-0.05, 0) is 0 Å². The van der Waals surface area contributed by atoms with Crippen molar-refractivity contribution in [3.63, 3.8) is 0 Å². The van der Waals surface area contributed by atoms with Crippen LogP contribution in [-0.4, -0.2) is 32.0 Å². The predicted molar refractivity (Wildman–Crippen MR) is 50.4 cm³/mol. The number of aromatic nitrogens is 1. The Morgan fingerprint density at radius 1 is 1.40 bits per heavy atom. The summed E-state index contributed by atoms with van der Waals surface area (Å²) in [5, 5.41) is 2.64. The lowest BCUT2D eigenvalue weighted by Crippen LogP contribution is -2.24. The number of nitrogens with zero attached hydrogens (tertiary/aromatic N) is 1. The Morgan fingerprint density at radius 3 is 2.60 bits per heavy atom. The molecule has 15 heavy (non-hydrogen) atoms. The summed E-state index contributed by atoms with van der Waals surface area (Å²) in [6, 6.07) is 0.754. The first-order valence-corrected chi connectivity index (χ1v) is 4.28. The second kappa shape index (κ2) is 5.57. The van der Waals surface area contributed by atoms with Crippen LogP contribution in [-0.2, 0) is 9.47 Å². The quantitative estimate of drug-likeness (QED) is 0.758. The van der Waals surface area contributed by atoms with Gasteiger partial charge in [-0.15, -0.1) is 0 Å². The Kier molecular flexibility index (Phi) is 4.38. The van der Waals surface area contributed by atoms with Crippen LogP contribution in [0.4, 0.5) is 14.6 Å². The van der Waals surface area contributed by atoms with Crippen molar-refractivity contribution in [2.45, 2.75) is 6.29 Å². The molecule has 0 radical (unpaired) electrons. The van der Waals surface area contributed by atoms with E-state index in [1.165, 1.54) is 14.2 Å². The monoisotopic (exact) mass is 218 g/mol. The van der Waals surface area contributed by atoms with Gasteiger partial charge in [0.2, 0.25) is 0 Å². The SMILES string of the molecule is COC(CNc1ncc(F)cc1F)OC. The second-order valence-electron chi connectivity index (χ2n) is 2.77. The van der Waals surface area contributed by atoms with Crippen LogP contribution in [0.2, 0.25) is 0 Å². The van der Waals surface area contributed by atoms with E-state index in [1.807, 2.05) is 0 Å². The van der Waals surface area contributed by atoms with Crippen molar-refractivity contribution in [2.75, 3.05) is 26.1 Å². The zero-order chi connectivity index (χ0) is 11.3. The summed E-state index contributed by atoms with van der Waals surface area (Å²) in [5.41, 5.74) is 0. The van der Waals surface area contributed by atoms with Crippen LogP contribution < -0.4 is 5.32 Å². The van der Waals surface area contributed by atoms with E-state index in [2.05, 4.69) is 10.3 Å². The average Bonchev–Trinajstić information content (AvgIpc) is 2.22. The number of methoxy groups -OCH3 is 2. The van der Waals surface area contributed by atoms with Gasteiger partial charge in [-0.3, -0.25) is 0 Å². The van der Waals surface area contributed by atoms with Gasteiger partial charge in [-0.2, -0.15) is 0 Å². The first-order chi connectivity index (χ1) is 7.17. The first-order valence-electron chi connectivity index (χ1n) is 4.28. The van der Waals surface area contributed by atoms with Gasteiger partial charge < -0.3 is 14.8 Å². The third kappa shape index (κ3) is 3.41. The molecule has 0 atom stereocenters. The van der Waals surface area contributed by atoms with E-state index in [9.17, 15) is 8.78 Å². The Balaban J connectivity index is 2.57. The van der Waals surface area contributed by atoms with Gasteiger partial charge in [0, 0.05) is 20.3 Å². The molecule has 0 aliphatic heterocycles. The summed E-state index contributed by atoms with van der Waals surface area (Å²) in [6.07, 6.45) is 0.427. The highest BCUT2D eigenvalue weighted by Crippen LogP contribution is 2.11. The molecule has 1 heterocycles. The fourth-order valence-electron chi connectivity index (χ4n) is 0.988. The number of pyridine rings is 1. The normalized spacial score (nSPS) is 10.7. The summed E-state index contributed by atoms with van der Waals surface area (Å²) >= 11 is 0. The molecule has 0 saturated carbocycles. The smallest absolute Gasteiger partial charge is 0.173 e. The highest BCUT2D eigenvalue weighted by molar-refractivity contribution is 5.35. The van der Waals surface area contributed by atoms with Crippen LogP contribution >= 0.6 is 0 Å². The molecular formula is C9H12F2N2O2. The van der Waals surface area contributed by atoms with Gasteiger partial charge in [-0.1, -0.05) is 0 Å². The maximum Gasteiger partial charge on any atom is 0.173 e. The molecule has 84 valence electrons. The minimum absolute atomic E-state index is 0.0319. The number of hydrogen-bond donors (Lipinski definition) is 1. The molecule has 0 fully saturated rings. The molecule has 0 amide bonds. The average molecular weight is 218 g/mol. The van der Waals surface area contributed by atoms with Gasteiger partial charge in [0.1, 0.15) is 5.82 Å². The molecule has 0 bridgehead atoms. The first kappa shape index (κ1) is 11.8. The van der Waals surface area contributed by atoms with Crippen LogP contribution in [0.5, 0.6) is 0 Å². The lowest BCUT2D eigenvalue weighted by atomic mass is 10.4. The minimum Gasteiger partial charge on any atom is -0.363 e. The number of halogens is 2. The molecule has 0 aliphatic carbocycles. The minimum atomic E-state index is -0.749. The van der Waals surface area contributed by atoms with Crippen LogP contribution in [0.25, 0.3) is 0 Å². The molecule has 0 spiro atoms. The van der Waals surface area contributed by atoms with E-state index in [4.69, 9.17) is 9.47 Å². The molecule has 4 nitrogen and oxygen atoms in total. The van der Waals surface area contributed by atoms with Crippen LogP contribution in [0.1, 0.15) is 0 Å². The van der Waals surface area contributed by atoms with E-state index < -0.39 is 17.9 Å². The summed E-state index contributed by atoms with van der Waals surface area (Å²) in [7, 11) is 2.93. The summed E-state index contributed by atoms with van der Waals surface area (Å²) in [6.45, 7) is 0.225. The van der Waals surface area contributed by atoms with E-state index in [0.717, 1.165) is 12.3 Å². The Hall–Kier alpha value is -1.27. The fraction of sp³-hybridized carbons (Fsp3) is 0.444. The molecule has 0 aliphatic rings. The van der Waals surface area contributed by atoms with Gasteiger partial charge in [0.25, 0.3) is 0 Å². The molecule has 0 saturated heterocycles. The number of nitrogens with one attached hydrogen (secondary N) is 1. The number of hydrogen-bond acceptors (Lipinski definition) is 4. The van der Waals surface area contributed by atoms with Crippen LogP contribution in [0.3, 0.4) is 0 Å². The number of anilines is 1. The van der Waals surface area contributed by atoms with Crippen molar-refractivity contribution in [3.05, 3.63) is 23.9 Å². The second-order valence-corrected chi connectivity index (χ2v) is 2.77. The molecular weight excluding hydrogens is 206 g/mol. The molecule has 0 unspecified atom stereocenters. The van der Waals surface area contributed by atoms with Gasteiger partial charge >= 0.3 is 0 Å². The van der Waals surface area contributed by atoms with E-state index in [0.29, 0.717) is 0 Å². The maximum atomic E-state index is 13.1. The third-order valence-corrected chi connectivity index (χ3v) is 1.77. The predicted octanol–water partition coefficient (Wildman–Crippen LogP) is 1.39. The highest BCUT2D eigenvalue weighted by atomic mass is 19.1. The van der Waals surface area contributed by atoms with Crippen molar-refractivity contribution in [3.8, 4) is 0 Å². The van der Waals surface area contributed by atoms with Crippen molar-refractivity contribution in [1.29, 1.82) is 0 Å². The van der Waals surface area contributed by atoms with Gasteiger partial charge in [-0.25, -0.2) is 13.8 Å². The zero-order valence-corrected chi connectivity index (χ0v) is 8.46. The van der Waals surface area contributed by atoms with Crippen LogP contribution in [0.15, 0.2) is 12.3 Å². The van der Waals surface area contributed by atoms with Gasteiger partial charge in [0.05, 0.1) is 12.7 Å². The maximum absolute atomic E-state index is 13.1. The Morgan fingerprint density at radius 2 is 2.07 bits per heavy atom. The topological polar surface area (TPSA) is 43.4 Å². The van der Waals surface area contributed by atoms with Crippen molar-refractivity contribution >= 4 is 5.82 Å². The molecule has 1 aromatic heterocycles. The van der Waals surface area contributed by atoms with E-state index in [-0.39, 0.29) is 12.4 Å². The summed E-state index contributed by atoms with van der Waals surface area (Å²) in [4.78, 5) is 3.55. The highest BCUT2D eigenvalue weighted by Gasteiger charge is 2.08. The van der Waals surface area contributed by atoms with E-state index in [1.54, 1.807) is 0 Å². The molecule has 6 heteroatoms. The van der Waals surface area contributed by atoms with E-state index >= 15 is 0 Å². The molecule has 1 N–H and O–H groups in total. The molecule has 0 aromatic carbocycles.